The molecule has 5 heteroatoms. The second kappa shape index (κ2) is 7.42. The summed E-state index contributed by atoms with van der Waals surface area (Å²) in [6.07, 6.45) is 2.33. The fraction of sp³-hybridized carbons (Fsp3) is 0.444. The van der Waals surface area contributed by atoms with E-state index in [1.807, 2.05) is 38.1 Å². The third kappa shape index (κ3) is 3.99. The predicted octanol–water partition coefficient (Wildman–Crippen LogP) is 2.63. The highest BCUT2D eigenvalue weighted by atomic mass is 16.3. The molecule has 0 radical (unpaired) electrons. The Morgan fingerprint density at radius 1 is 1.30 bits per heavy atom. The lowest BCUT2D eigenvalue weighted by molar-refractivity contribution is 0.0907. The highest BCUT2D eigenvalue weighted by Crippen LogP contribution is 2.17. The smallest absolute Gasteiger partial charge is 0.255 e. The van der Waals surface area contributed by atoms with Crippen molar-refractivity contribution in [3.63, 3.8) is 0 Å². The van der Waals surface area contributed by atoms with E-state index in [-0.39, 0.29) is 18.6 Å². The fourth-order valence-electron chi connectivity index (χ4n) is 2.69. The van der Waals surface area contributed by atoms with Gasteiger partial charge in [0, 0.05) is 0 Å². The first-order chi connectivity index (χ1) is 10.9. The van der Waals surface area contributed by atoms with Crippen LogP contribution in [0.1, 0.15) is 41.9 Å². The molecule has 2 N–H and O–H groups in total. The number of para-hydroxylation sites is 1. The van der Waals surface area contributed by atoms with Gasteiger partial charge in [0.25, 0.3) is 5.91 Å². The molecular formula is C18H25N3O2. The zero-order valence-corrected chi connectivity index (χ0v) is 14.2. The van der Waals surface area contributed by atoms with Crippen LogP contribution in [0.2, 0.25) is 0 Å². The number of aromatic nitrogens is 2. The number of nitrogens with zero attached hydrogens (tertiary/aromatic N) is 2. The van der Waals surface area contributed by atoms with E-state index in [4.69, 9.17) is 0 Å². The Kier molecular flexibility index (Phi) is 5.55. The van der Waals surface area contributed by atoms with E-state index in [0.717, 1.165) is 23.4 Å². The molecule has 23 heavy (non-hydrogen) atoms. The van der Waals surface area contributed by atoms with Crippen LogP contribution in [0.5, 0.6) is 0 Å². The van der Waals surface area contributed by atoms with Gasteiger partial charge < -0.3 is 10.4 Å². The first-order valence-corrected chi connectivity index (χ1v) is 7.96. The number of aliphatic hydroxyl groups excluding tert-OH is 1. The number of benzene rings is 1. The highest BCUT2D eigenvalue weighted by Gasteiger charge is 2.19. The summed E-state index contributed by atoms with van der Waals surface area (Å²) in [5, 5.41) is 16.7. The van der Waals surface area contributed by atoms with E-state index in [1.165, 1.54) is 0 Å². The molecule has 0 aliphatic heterocycles. The second-order valence-corrected chi connectivity index (χ2v) is 6.32. The highest BCUT2D eigenvalue weighted by molar-refractivity contribution is 5.95. The number of carbonyl (C=O) groups is 1. The molecule has 1 unspecified atom stereocenters. The predicted molar refractivity (Wildman–Crippen MR) is 90.8 cm³/mol. The number of aliphatic hydroxyl groups is 1. The summed E-state index contributed by atoms with van der Waals surface area (Å²) in [5.41, 5.74) is 3.39. The molecule has 1 heterocycles. The summed E-state index contributed by atoms with van der Waals surface area (Å²) >= 11 is 0. The van der Waals surface area contributed by atoms with Crippen molar-refractivity contribution in [3.8, 4) is 5.69 Å². The standard InChI is InChI=1S/C18H25N3O2/c1-12(2)9-15(11-22)20-18(23)16-10-19-21(14(16)4)17-8-6-5-7-13(17)3/h5-8,10,12,15,22H,9,11H2,1-4H3,(H,20,23). The van der Waals surface area contributed by atoms with Gasteiger partial charge in [-0.05, 0) is 37.8 Å². The van der Waals surface area contributed by atoms with Gasteiger partial charge in [-0.25, -0.2) is 4.68 Å². The Morgan fingerprint density at radius 2 is 2.00 bits per heavy atom. The number of hydrogen-bond donors (Lipinski definition) is 2. The van der Waals surface area contributed by atoms with Gasteiger partial charge in [-0.1, -0.05) is 32.0 Å². The van der Waals surface area contributed by atoms with Crippen LogP contribution < -0.4 is 5.32 Å². The maximum absolute atomic E-state index is 12.5. The fourth-order valence-corrected chi connectivity index (χ4v) is 2.69. The van der Waals surface area contributed by atoms with Gasteiger partial charge in [0.15, 0.2) is 0 Å². The molecule has 0 saturated carbocycles. The largest absolute Gasteiger partial charge is 0.394 e. The minimum absolute atomic E-state index is 0.0606. The van der Waals surface area contributed by atoms with E-state index in [9.17, 15) is 9.90 Å². The summed E-state index contributed by atoms with van der Waals surface area (Å²) in [6.45, 7) is 7.97. The van der Waals surface area contributed by atoms with Gasteiger partial charge in [-0.3, -0.25) is 4.79 Å². The first kappa shape index (κ1) is 17.2. The summed E-state index contributed by atoms with van der Waals surface area (Å²) in [4.78, 5) is 12.5. The lowest BCUT2D eigenvalue weighted by Gasteiger charge is -2.18. The third-order valence-corrected chi connectivity index (χ3v) is 3.91. The number of hydrogen-bond acceptors (Lipinski definition) is 3. The van der Waals surface area contributed by atoms with Gasteiger partial charge >= 0.3 is 0 Å². The van der Waals surface area contributed by atoms with E-state index < -0.39 is 0 Å². The minimum atomic E-state index is -0.233. The number of amides is 1. The molecule has 0 bridgehead atoms. The van der Waals surface area contributed by atoms with Crippen molar-refractivity contribution in [1.82, 2.24) is 15.1 Å². The SMILES string of the molecule is Cc1ccccc1-n1ncc(C(=O)NC(CO)CC(C)C)c1C. The van der Waals surface area contributed by atoms with Gasteiger partial charge in [-0.15, -0.1) is 0 Å². The number of rotatable bonds is 6. The van der Waals surface area contributed by atoms with Crippen LogP contribution in [-0.4, -0.2) is 33.4 Å². The average molecular weight is 315 g/mol. The molecule has 0 aliphatic rings. The van der Waals surface area contributed by atoms with E-state index in [2.05, 4.69) is 24.3 Å². The first-order valence-electron chi connectivity index (χ1n) is 7.96. The lowest BCUT2D eigenvalue weighted by Crippen LogP contribution is -2.38. The number of aryl methyl sites for hydroxylation is 1. The van der Waals surface area contributed by atoms with Gasteiger partial charge in [0.1, 0.15) is 0 Å². The quantitative estimate of drug-likeness (QED) is 0.861. The van der Waals surface area contributed by atoms with Crippen molar-refractivity contribution in [3.05, 3.63) is 47.3 Å². The van der Waals surface area contributed by atoms with Crippen molar-refractivity contribution in [2.75, 3.05) is 6.61 Å². The Morgan fingerprint density at radius 3 is 2.61 bits per heavy atom. The van der Waals surface area contributed by atoms with Crippen molar-refractivity contribution in [2.45, 2.75) is 40.2 Å². The molecule has 1 aromatic heterocycles. The third-order valence-electron chi connectivity index (χ3n) is 3.91. The molecular weight excluding hydrogens is 290 g/mol. The van der Waals surface area contributed by atoms with Gasteiger partial charge in [0.2, 0.25) is 0 Å². The Hall–Kier alpha value is -2.14. The van der Waals surface area contributed by atoms with E-state index in [0.29, 0.717) is 11.5 Å². The summed E-state index contributed by atoms with van der Waals surface area (Å²) in [6, 6.07) is 7.69. The van der Waals surface area contributed by atoms with Crippen molar-refractivity contribution < 1.29 is 9.90 Å². The molecule has 5 nitrogen and oxygen atoms in total. The lowest BCUT2D eigenvalue weighted by atomic mass is 10.0. The molecule has 1 atom stereocenters. The molecule has 0 spiro atoms. The monoisotopic (exact) mass is 315 g/mol. The summed E-state index contributed by atoms with van der Waals surface area (Å²) in [5.74, 6) is 0.213. The Labute approximate surface area is 137 Å². The zero-order valence-electron chi connectivity index (χ0n) is 14.2. The van der Waals surface area contributed by atoms with Crippen LogP contribution in [0.3, 0.4) is 0 Å². The maximum atomic E-state index is 12.5. The Bertz CT molecular complexity index is 677. The minimum Gasteiger partial charge on any atom is -0.394 e. The number of nitrogens with one attached hydrogen (secondary N) is 1. The van der Waals surface area contributed by atoms with E-state index in [1.54, 1.807) is 10.9 Å². The van der Waals surface area contributed by atoms with Crippen LogP contribution in [0.15, 0.2) is 30.5 Å². The van der Waals surface area contributed by atoms with Crippen molar-refractivity contribution >= 4 is 5.91 Å². The molecule has 124 valence electrons. The molecule has 2 aromatic rings. The molecule has 2 rings (SSSR count). The van der Waals surface area contributed by atoms with Crippen LogP contribution in [0.25, 0.3) is 5.69 Å². The van der Waals surface area contributed by atoms with Crippen LogP contribution >= 0.6 is 0 Å². The zero-order chi connectivity index (χ0) is 17.0. The number of carbonyl (C=O) groups excluding carboxylic acids is 1. The normalized spacial score (nSPS) is 12.4. The van der Waals surface area contributed by atoms with Crippen LogP contribution in [-0.2, 0) is 0 Å². The summed E-state index contributed by atoms with van der Waals surface area (Å²) < 4.78 is 1.78. The topological polar surface area (TPSA) is 67.2 Å². The Balaban J connectivity index is 2.22. The molecule has 0 saturated heterocycles. The van der Waals surface area contributed by atoms with Crippen LogP contribution in [0, 0.1) is 19.8 Å². The van der Waals surface area contributed by atoms with Gasteiger partial charge in [-0.2, -0.15) is 5.10 Å². The molecule has 0 fully saturated rings. The molecule has 1 aromatic carbocycles. The van der Waals surface area contributed by atoms with Crippen molar-refractivity contribution in [1.29, 1.82) is 0 Å². The molecule has 1 amide bonds. The maximum Gasteiger partial charge on any atom is 0.255 e. The molecule has 0 aliphatic carbocycles. The van der Waals surface area contributed by atoms with Gasteiger partial charge in [0.05, 0.1) is 35.8 Å². The van der Waals surface area contributed by atoms with E-state index >= 15 is 0 Å². The van der Waals surface area contributed by atoms with Crippen LogP contribution in [0.4, 0.5) is 0 Å². The average Bonchev–Trinajstić information content (AvgIpc) is 2.88. The van der Waals surface area contributed by atoms with Crippen molar-refractivity contribution in [2.24, 2.45) is 5.92 Å². The summed E-state index contributed by atoms with van der Waals surface area (Å²) in [7, 11) is 0. The second-order valence-electron chi connectivity index (χ2n) is 6.32.